The third-order valence-electron chi connectivity index (χ3n) is 2.32. The molecule has 1 unspecified atom stereocenters. The number of aryl methyl sites for hydroxylation is 2. The molecule has 0 bridgehead atoms. The number of nitrogens with zero attached hydrogens (tertiary/aromatic N) is 3. The van der Waals surface area contributed by atoms with Crippen molar-refractivity contribution < 1.29 is 5.11 Å². The van der Waals surface area contributed by atoms with Crippen LogP contribution in [0.15, 0.2) is 0 Å². The van der Waals surface area contributed by atoms with Crippen LogP contribution in [-0.2, 0) is 13.0 Å². The molecule has 0 aromatic carbocycles. The second kappa shape index (κ2) is 2.86. The quantitative estimate of drug-likeness (QED) is 0.647. The number of fused-ring (bicyclic) bond motifs is 1. The Hall–Kier alpha value is -0.900. The van der Waals surface area contributed by atoms with Crippen molar-refractivity contribution in [3.8, 4) is 0 Å². The molecule has 4 heteroatoms. The highest BCUT2D eigenvalue weighted by Gasteiger charge is 2.19. The zero-order valence-electron chi connectivity index (χ0n) is 7.19. The second-order valence-corrected chi connectivity index (χ2v) is 3.34. The molecule has 1 aliphatic heterocycles. The number of hydrogen-bond donors (Lipinski definition) is 1. The van der Waals surface area contributed by atoms with Gasteiger partial charge >= 0.3 is 0 Å². The molecule has 1 N–H and O–H groups in total. The fourth-order valence-electron chi connectivity index (χ4n) is 1.65. The summed E-state index contributed by atoms with van der Waals surface area (Å²) in [6.45, 7) is 2.99. The Balaban J connectivity index is 2.22. The molecular formula is C8H13N3O. The monoisotopic (exact) mass is 167 g/mol. The minimum absolute atomic E-state index is 0.262. The van der Waals surface area contributed by atoms with E-state index in [0.29, 0.717) is 5.92 Å². The van der Waals surface area contributed by atoms with Crippen molar-refractivity contribution in [2.75, 3.05) is 6.61 Å². The zero-order chi connectivity index (χ0) is 8.55. The first-order valence-electron chi connectivity index (χ1n) is 4.31. The van der Waals surface area contributed by atoms with Crippen LogP contribution in [0.4, 0.5) is 0 Å². The molecule has 0 amide bonds. The average molecular weight is 167 g/mol. The van der Waals surface area contributed by atoms with E-state index in [1.165, 1.54) is 0 Å². The van der Waals surface area contributed by atoms with Gasteiger partial charge in [-0.3, -0.25) is 0 Å². The SMILES string of the molecule is Cc1nc2n(n1)CC(CO)CC2. The first-order chi connectivity index (χ1) is 5.79. The maximum absolute atomic E-state index is 8.96. The number of aromatic nitrogens is 3. The molecule has 12 heavy (non-hydrogen) atoms. The van der Waals surface area contributed by atoms with Gasteiger partial charge in [0.15, 0.2) is 0 Å². The summed E-state index contributed by atoms with van der Waals surface area (Å²) < 4.78 is 1.92. The van der Waals surface area contributed by atoms with Crippen molar-refractivity contribution in [2.24, 2.45) is 5.92 Å². The molecule has 0 saturated carbocycles. The van der Waals surface area contributed by atoms with Gasteiger partial charge in [-0.1, -0.05) is 0 Å². The van der Waals surface area contributed by atoms with E-state index in [-0.39, 0.29) is 6.61 Å². The summed E-state index contributed by atoms with van der Waals surface area (Å²) in [6.07, 6.45) is 1.99. The predicted molar refractivity (Wildman–Crippen MR) is 43.7 cm³/mol. The van der Waals surface area contributed by atoms with Gasteiger partial charge in [-0.2, -0.15) is 5.10 Å². The molecule has 4 nitrogen and oxygen atoms in total. The van der Waals surface area contributed by atoms with Crippen molar-refractivity contribution in [1.82, 2.24) is 14.8 Å². The third-order valence-corrected chi connectivity index (χ3v) is 2.32. The smallest absolute Gasteiger partial charge is 0.147 e. The van der Waals surface area contributed by atoms with Crippen LogP contribution in [0, 0.1) is 12.8 Å². The molecule has 0 fully saturated rings. The van der Waals surface area contributed by atoms with Gasteiger partial charge in [0.25, 0.3) is 0 Å². The van der Waals surface area contributed by atoms with Crippen LogP contribution in [0.2, 0.25) is 0 Å². The van der Waals surface area contributed by atoms with Gasteiger partial charge in [0, 0.05) is 25.5 Å². The van der Waals surface area contributed by atoms with Crippen LogP contribution < -0.4 is 0 Å². The lowest BCUT2D eigenvalue weighted by molar-refractivity contribution is 0.185. The summed E-state index contributed by atoms with van der Waals surface area (Å²) in [4.78, 5) is 4.29. The Morgan fingerprint density at radius 3 is 3.25 bits per heavy atom. The van der Waals surface area contributed by atoms with Gasteiger partial charge in [0.1, 0.15) is 11.6 Å². The van der Waals surface area contributed by atoms with Crippen molar-refractivity contribution >= 4 is 0 Å². The van der Waals surface area contributed by atoms with Crippen LogP contribution in [0.3, 0.4) is 0 Å². The summed E-state index contributed by atoms with van der Waals surface area (Å²) in [5, 5.41) is 13.2. The van der Waals surface area contributed by atoms with Crippen LogP contribution in [0.25, 0.3) is 0 Å². The van der Waals surface area contributed by atoms with Gasteiger partial charge < -0.3 is 5.11 Å². The Kier molecular flexibility index (Phi) is 1.84. The number of aliphatic hydroxyl groups excluding tert-OH is 1. The number of hydrogen-bond acceptors (Lipinski definition) is 3. The predicted octanol–water partition coefficient (Wildman–Crippen LogP) is 0.141. The van der Waals surface area contributed by atoms with Gasteiger partial charge in [-0.05, 0) is 13.3 Å². The molecule has 0 spiro atoms. The number of aliphatic hydroxyl groups is 1. The molecule has 0 radical (unpaired) electrons. The normalized spacial score (nSPS) is 22.3. The van der Waals surface area contributed by atoms with Crippen molar-refractivity contribution in [3.05, 3.63) is 11.6 Å². The van der Waals surface area contributed by atoms with Crippen molar-refractivity contribution in [1.29, 1.82) is 0 Å². The van der Waals surface area contributed by atoms with E-state index in [2.05, 4.69) is 10.1 Å². The molecule has 1 atom stereocenters. The Morgan fingerprint density at radius 2 is 2.50 bits per heavy atom. The van der Waals surface area contributed by atoms with Gasteiger partial charge in [0.2, 0.25) is 0 Å². The van der Waals surface area contributed by atoms with Crippen molar-refractivity contribution in [2.45, 2.75) is 26.3 Å². The Labute approximate surface area is 71.2 Å². The van der Waals surface area contributed by atoms with Crippen LogP contribution >= 0.6 is 0 Å². The van der Waals surface area contributed by atoms with E-state index in [0.717, 1.165) is 31.0 Å². The minimum Gasteiger partial charge on any atom is -0.396 e. The lowest BCUT2D eigenvalue weighted by atomic mass is 10.0. The first kappa shape index (κ1) is 7.73. The molecule has 0 aliphatic carbocycles. The first-order valence-corrected chi connectivity index (χ1v) is 4.31. The summed E-state index contributed by atoms with van der Waals surface area (Å²) in [5.74, 6) is 2.28. The highest BCUT2D eigenvalue weighted by molar-refractivity contribution is 4.95. The molecule has 1 aromatic rings. The molecule has 0 saturated heterocycles. The maximum Gasteiger partial charge on any atom is 0.147 e. The van der Waals surface area contributed by atoms with Gasteiger partial charge in [0.05, 0.1) is 0 Å². The fourth-order valence-corrected chi connectivity index (χ4v) is 1.65. The lowest BCUT2D eigenvalue weighted by Crippen LogP contribution is -2.23. The summed E-state index contributed by atoms with van der Waals surface area (Å²) >= 11 is 0. The summed E-state index contributed by atoms with van der Waals surface area (Å²) in [7, 11) is 0. The zero-order valence-corrected chi connectivity index (χ0v) is 7.19. The molecule has 1 aliphatic rings. The van der Waals surface area contributed by atoms with E-state index in [1.54, 1.807) is 0 Å². The summed E-state index contributed by atoms with van der Waals surface area (Å²) in [5.41, 5.74) is 0. The van der Waals surface area contributed by atoms with Crippen LogP contribution in [0.5, 0.6) is 0 Å². The van der Waals surface area contributed by atoms with Crippen LogP contribution in [-0.4, -0.2) is 26.5 Å². The standard InChI is InChI=1S/C8H13N3O/c1-6-9-8-3-2-7(5-12)4-11(8)10-6/h7,12H,2-5H2,1H3. The van der Waals surface area contributed by atoms with Crippen LogP contribution in [0.1, 0.15) is 18.1 Å². The van der Waals surface area contributed by atoms with E-state index in [4.69, 9.17) is 5.11 Å². The van der Waals surface area contributed by atoms with E-state index >= 15 is 0 Å². The van der Waals surface area contributed by atoms with E-state index in [1.807, 2.05) is 11.6 Å². The molecular weight excluding hydrogens is 154 g/mol. The highest BCUT2D eigenvalue weighted by atomic mass is 16.3. The lowest BCUT2D eigenvalue weighted by Gasteiger charge is -2.19. The highest BCUT2D eigenvalue weighted by Crippen LogP contribution is 2.17. The van der Waals surface area contributed by atoms with E-state index < -0.39 is 0 Å². The number of rotatable bonds is 1. The maximum atomic E-state index is 8.96. The molecule has 66 valence electrons. The van der Waals surface area contributed by atoms with E-state index in [9.17, 15) is 0 Å². The fraction of sp³-hybridized carbons (Fsp3) is 0.750. The second-order valence-electron chi connectivity index (χ2n) is 3.34. The Morgan fingerprint density at radius 1 is 1.67 bits per heavy atom. The third kappa shape index (κ3) is 1.22. The summed E-state index contributed by atoms with van der Waals surface area (Å²) in [6, 6.07) is 0. The van der Waals surface area contributed by atoms with Crippen molar-refractivity contribution in [3.63, 3.8) is 0 Å². The minimum atomic E-state index is 0.262. The average Bonchev–Trinajstić information content (AvgIpc) is 2.43. The van der Waals surface area contributed by atoms with Gasteiger partial charge in [-0.15, -0.1) is 0 Å². The largest absolute Gasteiger partial charge is 0.396 e. The topological polar surface area (TPSA) is 50.9 Å². The molecule has 2 rings (SSSR count). The van der Waals surface area contributed by atoms with Gasteiger partial charge in [-0.25, -0.2) is 9.67 Å². The molecule has 2 heterocycles. The Bertz CT molecular complexity index is 282. The molecule has 1 aromatic heterocycles.